The Kier molecular flexibility index (Phi) is 6.53. The molecule has 0 bridgehead atoms. The second-order valence-corrected chi connectivity index (χ2v) is 10.3. The standard InChI is InChI=1S/C15H19N3O5S3/c1-18(26(22,23)15-3-2-10-24-15)11-14(19)17-9-8-12-4-6-13(7-5-12)25(16,20)21/h2-7,10H,8-9,11H2,1H3,(H,17,19)(H2,16,20,21). The Balaban J connectivity index is 1.84. The number of rotatable bonds is 8. The van der Waals surface area contributed by atoms with Crippen LogP contribution in [-0.4, -0.2) is 47.2 Å². The molecule has 0 saturated carbocycles. The molecule has 1 aromatic heterocycles. The maximum atomic E-state index is 12.2. The number of carbonyl (C=O) groups excluding carboxylic acids is 1. The van der Waals surface area contributed by atoms with Gasteiger partial charge in [0, 0.05) is 13.6 Å². The van der Waals surface area contributed by atoms with Gasteiger partial charge in [0.15, 0.2) is 0 Å². The predicted octanol–water partition coefficient (Wildman–Crippen LogP) is 0.375. The fourth-order valence-corrected chi connectivity index (χ4v) is 4.94. The van der Waals surface area contributed by atoms with Crippen LogP contribution >= 0.6 is 11.3 Å². The van der Waals surface area contributed by atoms with Crippen molar-refractivity contribution in [2.75, 3.05) is 20.1 Å². The summed E-state index contributed by atoms with van der Waals surface area (Å²) in [5.41, 5.74) is 0.817. The van der Waals surface area contributed by atoms with Crippen molar-refractivity contribution < 1.29 is 21.6 Å². The molecule has 2 aromatic rings. The third-order valence-corrected chi connectivity index (χ3v) is 7.62. The smallest absolute Gasteiger partial charge is 0.252 e. The highest BCUT2D eigenvalue weighted by atomic mass is 32.2. The van der Waals surface area contributed by atoms with Crippen molar-refractivity contribution >= 4 is 37.3 Å². The summed E-state index contributed by atoms with van der Waals surface area (Å²) in [6.07, 6.45) is 0.470. The van der Waals surface area contributed by atoms with Crippen molar-refractivity contribution in [1.29, 1.82) is 0 Å². The fourth-order valence-electron chi connectivity index (χ4n) is 2.10. The molecule has 26 heavy (non-hydrogen) atoms. The van der Waals surface area contributed by atoms with Crippen molar-refractivity contribution in [3.63, 3.8) is 0 Å². The Morgan fingerprint density at radius 1 is 1.15 bits per heavy atom. The Morgan fingerprint density at radius 2 is 1.81 bits per heavy atom. The number of likely N-dealkylation sites (N-methyl/N-ethyl adjacent to an activating group) is 1. The van der Waals surface area contributed by atoms with Gasteiger partial charge in [-0.2, -0.15) is 4.31 Å². The molecule has 8 nitrogen and oxygen atoms in total. The molecule has 0 aliphatic heterocycles. The highest BCUT2D eigenvalue weighted by molar-refractivity contribution is 7.91. The van der Waals surface area contributed by atoms with E-state index in [0.717, 1.165) is 21.2 Å². The molecule has 1 amide bonds. The molecule has 0 fully saturated rings. The molecule has 0 spiro atoms. The molecule has 0 saturated heterocycles. The molecule has 0 aliphatic rings. The largest absolute Gasteiger partial charge is 0.355 e. The second-order valence-electron chi connectivity index (χ2n) is 5.48. The summed E-state index contributed by atoms with van der Waals surface area (Å²) in [5.74, 6) is -0.422. The lowest BCUT2D eigenvalue weighted by atomic mass is 10.1. The molecule has 11 heteroatoms. The monoisotopic (exact) mass is 417 g/mol. The normalized spacial score (nSPS) is 12.3. The maximum Gasteiger partial charge on any atom is 0.252 e. The number of nitrogens with zero attached hydrogens (tertiary/aromatic N) is 1. The number of amides is 1. The Labute approximate surface area is 156 Å². The number of primary sulfonamides is 1. The molecule has 2 rings (SSSR count). The first kappa shape index (κ1) is 20.5. The number of nitrogens with two attached hydrogens (primary N) is 1. The average molecular weight is 418 g/mol. The van der Waals surface area contributed by atoms with Crippen molar-refractivity contribution in [2.45, 2.75) is 15.5 Å². The third kappa shape index (κ3) is 5.35. The van der Waals surface area contributed by atoms with E-state index in [4.69, 9.17) is 5.14 Å². The van der Waals surface area contributed by atoms with E-state index in [0.29, 0.717) is 13.0 Å². The molecular formula is C15H19N3O5S3. The summed E-state index contributed by atoms with van der Waals surface area (Å²) in [6, 6.07) is 9.13. The average Bonchev–Trinajstić information content (AvgIpc) is 3.09. The summed E-state index contributed by atoms with van der Waals surface area (Å²) in [4.78, 5) is 12.0. The highest BCUT2D eigenvalue weighted by Crippen LogP contribution is 2.19. The van der Waals surface area contributed by atoms with Gasteiger partial charge in [0.1, 0.15) is 4.21 Å². The van der Waals surface area contributed by atoms with Gasteiger partial charge in [0.05, 0.1) is 11.4 Å². The van der Waals surface area contributed by atoms with Gasteiger partial charge in [0.2, 0.25) is 15.9 Å². The summed E-state index contributed by atoms with van der Waals surface area (Å²) < 4.78 is 48.0. The second kappa shape index (κ2) is 8.27. The minimum Gasteiger partial charge on any atom is -0.355 e. The summed E-state index contributed by atoms with van der Waals surface area (Å²) in [6.45, 7) is 0.00499. The number of nitrogens with one attached hydrogen (secondary N) is 1. The van der Waals surface area contributed by atoms with Crippen LogP contribution in [0.15, 0.2) is 50.9 Å². The molecule has 3 N–H and O–H groups in total. The van der Waals surface area contributed by atoms with Crippen molar-refractivity contribution in [3.8, 4) is 0 Å². The first-order valence-electron chi connectivity index (χ1n) is 7.49. The van der Waals surface area contributed by atoms with Crippen LogP contribution in [0.25, 0.3) is 0 Å². The topological polar surface area (TPSA) is 127 Å². The number of hydrogen-bond donors (Lipinski definition) is 2. The van der Waals surface area contributed by atoms with Gasteiger partial charge in [-0.25, -0.2) is 22.0 Å². The van der Waals surface area contributed by atoms with Crippen molar-refractivity contribution in [1.82, 2.24) is 9.62 Å². The van der Waals surface area contributed by atoms with Crippen LogP contribution < -0.4 is 10.5 Å². The van der Waals surface area contributed by atoms with E-state index in [1.54, 1.807) is 23.6 Å². The number of carbonyl (C=O) groups is 1. The van der Waals surface area contributed by atoms with E-state index < -0.39 is 26.0 Å². The van der Waals surface area contributed by atoms with E-state index in [1.165, 1.54) is 25.2 Å². The zero-order valence-electron chi connectivity index (χ0n) is 14.0. The molecule has 1 aromatic carbocycles. The molecule has 142 valence electrons. The number of thiophene rings is 1. The number of hydrogen-bond acceptors (Lipinski definition) is 6. The lowest BCUT2D eigenvalue weighted by Gasteiger charge is -2.15. The Hall–Kier alpha value is -1.79. The Morgan fingerprint density at radius 3 is 2.35 bits per heavy atom. The molecule has 0 aliphatic carbocycles. The van der Waals surface area contributed by atoms with E-state index >= 15 is 0 Å². The fraction of sp³-hybridized carbons (Fsp3) is 0.267. The number of sulfonamides is 2. The molecule has 0 radical (unpaired) electrons. The van der Waals surface area contributed by atoms with E-state index in [2.05, 4.69) is 5.32 Å². The van der Waals surface area contributed by atoms with Gasteiger partial charge in [-0.1, -0.05) is 18.2 Å². The highest BCUT2D eigenvalue weighted by Gasteiger charge is 2.23. The SMILES string of the molecule is CN(CC(=O)NCCc1ccc(S(N)(=O)=O)cc1)S(=O)(=O)c1cccs1. The van der Waals surface area contributed by atoms with Crippen molar-refractivity contribution in [3.05, 3.63) is 47.3 Å². The van der Waals surface area contributed by atoms with Crippen LogP contribution in [0.5, 0.6) is 0 Å². The first-order chi connectivity index (χ1) is 12.1. The van der Waals surface area contributed by atoms with Crippen LogP contribution in [-0.2, 0) is 31.3 Å². The first-order valence-corrected chi connectivity index (χ1v) is 11.4. The van der Waals surface area contributed by atoms with Crippen LogP contribution in [0.2, 0.25) is 0 Å². The lowest BCUT2D eigenvalue weighted by Crippen LogP contribution is -2.38. The molecule has 0 atom stereocenters. The molecule has 1 heterocycles. The van der Waals surface area contributed by atoms with Gasteiger partial charge in [-0.3, -0.25) is 4.79 Å². The van der Waals surface area contributed by atoms with E-state index in [1.807, 2.05) is 0 Å². The van der Waals surface area contributed by atoms with Crippen LogP contribution in [0.3, 0.4) is 0 Å². The van der Waals surface area contributed by atoms with Gasteiger partial charge in [0.25, 0.3) is 10.0 Å². The lowest BCUT2D eigenvalue weighted by molar-refractivity contribution is -0.121. The zero-order chi connectivity index (χ0) is 19.4. The van der Waals surface area contributed by atoms with Gasteiger partial charge in [-0.05, 0) is 35.6 Å². The van der Waals surface area contributed by atoms with Crippen LogP contribution in [0.1, 0.15) is 5.56 Å². The minimum atomic E-state index is -3.73. The minimum absolute atomic E-state index is 0.0192. The van der Waals surface area contributed by atoms with Crippen molar-refractivity contribution in [2.24, 2.45) is 5.14 Å². The summed E-state index contributed by atoms with van der Waals surface area (Å²) >= 11 is 1.09. The molecular weight excluding hydrogens is 398 g/mol. The van der Waals surface area contributed by atoms with Gasteiger partial charge in [-0.15, -0.1) is 11.3 Å². The van der Waals surface area contributed by atoms with Crippen LogP contribution in [0.4, 0.5) is 0 Å². The quantitative estimate of drug-likeness (QED) is 0.642. The zero-order valence-corrected chi connectivity index (χ0v) is 16.4. The molecule has 0 unspecified atom stereocenters. The predicted molar refractivity (Wildman–Crippen MR) is 98.7 cm³/mol. The number of benzene rings is 1. The van der Waals surface area contributed by atoms with Gasteiger partial charge < -0.3 is 5.32 Å². The summed E-state index contributed by atoms with van der Waals surface area (Å²) in [5, 5.41) is 9.32. The van der Waals surface area contributed by atoms with Crippen LogP contribution in [0, 0.1) is 0 Å². The summed E-state index contributed by atoms with van der Waals surface area (Å²) in [7, 11) is -6.05. The third-order valence-electron chi connectivity index (χ3n) is 3.51. The van der Waals surface area contributed by atoms with E-state index in [9.17, 15) is 21.6 Å². The maximum absolute atomic E-state index is 12.2. The Bertz CT molecular complexity index is 952. The van der Waals surface area contributed by atoms with Gasteiger partial charge >= 0.3 is 0 Å². The van der Waals surface area contributed by atoms with E-state index in [-0.39, 0.29) is 15.6 Å².